The Morgan fingerprint density at radius 2 is 1.80 bits per heavy atom. The Morgan fingerprint density at radius 1 is 1.08 bits per heavy atom. The van der Waals surface area contributed by atoms with Gasteiger partial charge in [0.25, 0.3) is 0 Å². The number of nitrogens with zero attached hydrogens (tertiary/aromatic N) is 1. The first-order valence-electron chi connectivity index (χ1n) is 7.62. The number of benzene rings is 2. The zero-order valence-corrected chi connectivity index (χ0v) is 14.9. The third-order valence-electron chi connectivity index (χ3n) is 3.33. The van der Waals surface area contributed by atoms with Gasteiger partial charge < -0.3 is 10.6 Å². The number of hydrogen-bond acceptors (Lipinski definition) is 3. The van der Waals surface area contributed by atoms with E-state index in [9.17, 15) is 12.8 Å². The van der Waals surface area contributed by atoms with Crippen LogP contribution in [0, 0.1) is 5.82 Å². The van der Waals surface area contributed by atoms with Crippen LogP contribution in [0.3, 0.4) is 0 Å². The summed E-state index contributed by atoms with van der Waals surface area (Å²) in [5.74, 6) is 0.237. The molecule has 3 N–H and O–H groups in total. The molecule has 0 aliphatic heterocycles. The molecule has 0 aliphatic carbocycles. The largest absolute Gasteiger partial charge is 0.352 e. The molecule has 0 saturated carbocycles. The van der Waals surface area contributed by atoms with E-state index in [0.29, 0.717) is 24.7 Å². The second kappa shape index (κ2) is 8.48. The lowest BCUT2D eigenvalue weighted by Gasteiger charge is -2.14. The highest BCUT2D eigenvalue weighted by Crippen LogP contribution is 2.15. The lowest BCUT2D eigenvalue weighted by atomic mass is 10.2. The molecule has 0 spiro atoms. The molecule has 25 heavy (non-hydrogen) atoms. The van der Waals surface area contributed by atoms with E-state index in [1.807, 2.05) is 18.2 Å². The van der Waals surface area contributed by atoms with Crippen LogP contribution in [-0.4, -0.2) is 27.7 Å². The van der Waals surface area contributed by atoms with Crippen molar-refractivity contribution in [3.8, 4) is 0 Å². The summed E-state index contributed by atoms with van der Waals surface area (Å²) < 4.78 is 38.6. The molecular weight excluding hydrogens is 343 g/mol. The van der Waals surface area contributed by atoms with Crippen molar-refractivity contribution in [3.05, 3.63) is 65.5 Å². The van der Waals surface area contributed by atoms with Gasteiger partial charge in [-0.1, -0.05) is 30.3 Å². The van der Waals surface area contributed by atoms with E-state index in [1.54, 1.807) is 25.2 Å². The van der Waals surface area contributed by atoms with Crippen molar-refractivity contribution >= 4 is 21.7 Å². The van der Waals surface area contributed by atoms with Gasteiger partial charge in [0.15, 0.2) is 5.96 Å². The minimum atomic E-state index is -3.35. The van der Waals surface area contributed by atoms with Gasteiger partial charge in [0.05, 0.1) is 11.9 Å². The minimum absolute atomic E-state index is 0.289. The van der Waals surface area contributed by atoms with Gasteiger partial charge in [0, 0.05) is 20.1 Å². The van der Waals surface area contributed by atoms with Gasteiger partial charge >= 0.3 is 0 Å². The highest BCUT2D eigenvalue weighted by molar-refractivity contribution is 7.92. The fraction of sp³-hybridized carbons (Fsp3) is 0.235. The number of hydrogen-bond donors (Lipinski definition) is 3. The van der Waals surface area contributed by atoms with Crippen LogP contribution < -0.4 is 15.4 Å². The molecule has 0 saturated heterocycles. The molecule has 6 nitrogen and oxygen atoms in total. The van der Waals surface area contributed by atoms with Crippen LogP contribution in [0.1, 0.15) is 11.1 Å². The number of rotatable bonds is 6. The number of aliphatic imine (C=N–C) groups is 1. The number of guanidine groups is 1. The normalized spacial score (nSPS) is 11.9. The molecule has 0 atom stereocenters. The van der Waals surface area contributed by atoms with Crippen LogP contribution in [0.5, 0.6) is 0 Å². The quantitative estimate of drug-likeness (QED) is 0.541. The van der Waals surface area contributed by atoms with Crippen molar-refractivity contribution in [2.75, 3.05) is 18.0 Å². The molecule has 0 radical (unpaired) electrons. The predicted octanol–water partition coefficient (Wildman–Crippen LogP) is 2.06. The Bertz CT molecular complexity index is 853. The third-order valence-corrected chi connectivity index (χ3v) is 3.92. The van der Waals surface area contributed by atoms with Crippen molar-refractivity contribution < 1.29 is 12.8 Å². The molecule has 0 bridgehead atoms. The Balaban J connectivity index is 1.97. The Kier molecular flexibility index (Phi) is 6.35. The zero-order valence-electron chi connectivity index (χ0n) is 14.1. The Labute approximate surface area is 147 Å². The average Bonchev–Trinajstić information content (AvgIpc) is 2.55. The summed E-state index contributed by atoms with van der Waals surface area (Å²) in [5.41, 5.74) is 2.09. The molecule has 0 fully saturated rings. The van der Waals surface area contributed by atoms with E-state index < -0.39 is 10.0 Å². The molecular formula is C17H21FN4O2S. The lowest BCUT2D eigenvalue weighted by Crippen LogP contribution is -2.36. The second-order valence-corrected chi connectivity index (χ2v) is 7.19. The van der Waals surface area contributed by atoms with E-state index >= 15 is 0 Å². The van der Waals surface area contributed by atoms with Gasteiger partial charge in [-0.2, -0.15) is 0 Å². The van der Waals surface area contributed by atoms with Gasteiger partial charge in [-0.05, 0) is 29.3 Å². The molecule has 0 unspecified atom stereocenters. The average molecular weight is 364 g/mol. The summed E-state index contributed by atoms with van der Waals surface area (Å²) >= 11 is 0. The van der Waals surface area contributed by atoms with Gasteiger partial charge in [0.2, 0.25) is 10.0 Å². The van der Waals surface area contributed by atoms with Crippen molar-refractivity contribution in [1.82, 2.24) is 10.6 Å². The molecule has 134 valence electrons. The SMILES string of the molecule is CN=C(NCc1cccc(F)c1)NCc1ccccc1NS(C)(=O)=O. The lowest BCUT2D eigenvalue weighted by molar-refractivity contribution is 0.606. The van der Waals surface area contributed by atoms with Gasteiger partial charge in [-0.15, -0.1) is 0 Å². The maximum atomic E-state index is 13.2. The number of anilines is 1. The van der Waals surface area contributed by atoms with E-state index in [4.69, 9.17) is 0 Å². The predicted molar refractivity (Wildman–Crippen MR) is 98.3 cm³/mol. The van der Waals surface area contributed by atoms with Gasteiger partial charge in [-0.25, -0.2) is 12.8 Å². The fourth-order valence-corrected chi connectivity index (χ4v) is 2.80. The Hall–Kier alpha value is -2.61. The van der Waals surface area contributed by atoms with Gasteiger partial charge in [-0.3, -0.25) is 9.71 Å². The maximum Gasteiger partial charge on any atom is 0.229 e. The van der Waals surface area contributed by atoms with Crippen molar-refractivity contribution in [2.24, 2.45) is 4.99 Å². The summed E-state index contributed by atoms with van der Waals surface area (Å²) in [4.78, 5) is 4.11. The standard InChI is InChI=1S/C17H21FN4O2S/c1-19-17(20-11-13-6-5-8-15(18)10-13)21-12-14-7-3-4-9-16(14)22-25(2,23)24/h3-10,22H,11-12H2,1-2H3,(H2,19,20,21). The monoisotopic (exact) mass is 364 g/mol. The summed E-state index contributed by atoms with van der Waals surface area (Å²) in [6, 6.07) is 13.4. The second-order valence-electron chi connectivity index (χ2n) is 5.44. The maximum absolute atomic E-state index is 13.2. The Morgan fingerprint density at radius 3 is 2.48 bits per heavy atom. The van der Waals surface area contributed by atoms with Crippen molar-refractivity contribution in [1.29, 1.82) is 0 Å². The summed E-state index contributed by atoms with van der Waals surface area (Å²) in [5, 5.41) is 6.19. The van der Waals surface area contributed by atoms with Crippen LogP contribution in [-0.2, 0) is 23.1 Å². The first kappa shape index (κ1) is 18.7. The molecule has 0 amide bonds. The zero-order chi connectivity index (χ0) is 18.3. The molecule has 0 aliphatic rings. The first-order valence-corrected chi connectivity index (χ1v) is 9.51. The minimum Gasteiger partial charge on any atom is -0.352 e. The molecule has 2 aromatic rings. The van der Waals surface area contributed by atoms with Crippen molar-refractivity contribution in [3.63, 3.8) is 0 Å². The molecule has 2 aromatic carbocycles. The summed E-state index contributed by atoms with van der Waals surface area (Å²) in [7, 11) is -1.73. The van der Waals surface area contributed by atoms with Crippen LogP contribution in [0.4, 0.5) is 10.1 Å². The van der Waals surface area contributed by atoms with E-state index in [-0.39, 0.29) is 5.82 Å². The molecule has 8 heteroatoms. The number of nitrogens with one attached hydrogen (secondary N) is 3. The smallest absolute Gasteiger partial charge is 0.229 e. The van der Waals surface area contributed by atoms with Crippen molar-refractivity contribution in [2.45, 2.75) is 13.1 Å². The fourth-order valence-electron chi connectivity index (χ4n) is 2.21. The van der Waals surface area contributed by atoms with Crippen LogP contribution in [0.15, 0.2) is 53.5 Å². The summed E-state index contributed by atoms with van der Waals surface area (Å²) in [6.45, 7) is 0.794. The molecule has 0 heterocycles. The molecule has 2 rings (SSSR count). The highest BCUT2D eigenvalue weighted by Gasteiger charge is 2.07. The topological polar surface area (TPSA) is 82.6 Å². The number of sulfonamides is 1. The van der Waals surface area contributed by atoms with Crippen LogP contribution >= 0.6 is 0 Å². The van der Waals surface area contributed by atoms with E-state index in [2.05, 4.69) is 20.3 Å². The summed E-state index contributed by atoms with van der Waals surface area (Å²) in [6.07, 6.45) is 1.11. The van der Waals surface area contributed by atoms with E-state index in [1.165, 1.54) is 12.1 Å². The van der Waals surface area contributed by atoms with Gasteiger partial charge in [0.1, 0.15) is 5.82 Å². The first-order chi connectivity index (χ1) is 11.9. The third kappa shape index (κ3) is 6.42. The van der Waals surface area contributed by atoms with E-state index in [0.717, 1.165) is 17.4 Å². The number of halogens is 1. The number of para-hydroxylation sites is 1. The van der Waals surface area contributed by atoms with Crippen LogP contribution in [0.25, 0.3) is 0 Å². The molecule has 0 aromatic heterocycles. The highest BCUT2D eigenvalue weighted by atomic mass is 32.2. The van der Waals surface area contributed by atoms with Crippen LogP contribution in [0.2, 0.25) is 0 Å².